The largest absolute Gasteiger partial charge is 0.480 e. The van der Waals surface area contributed by atoms with Gasteiger partial charge in [-0.1, -0.05) is 20.3 Å². The number of aliphatic carboxylic acids is 1. The molecule has 3 nitrogen and oxygen atoms in total. The minimum absolute atomic E-state index is 0.0835. The maximum absolute atomic E-state index is 11.0. The molecule has 0 aromatic rings. The first-order valence-electron chi connectivity index (χ1n) is 5.00. The molecule has 1 heterocycles. The van der Waals surface area contributed by atoms with Gasteiger partial charge >= 0.3 is 5.97 Å². The van der Waals surface area contributed by atoms with E-state index in [4.69, 9.17) is 5.11 Å². The Bertz CT molecular complexity index is 184. The summed E-state index contributed by atoms with van der Waals surface area (Å²) in [6, 6.07) is 0. The average Bonchev–Trinajstić information content (AvgIpc) is 2.21. The number of carboxylic acid groups (broad SMARTS) is 1. The number of Topliss-reactive ketones (excluding diaryl/α,β-unsaturated/α-hetero) is 1. The first kappa shape index (κ1) is 13.5. The first-order chi connectivity index (χ1) is 6.61. The topological polar surface area (TPSA) is 54.4 Å². The van der Waals surface area contributed by atoms with Gasteiger partial charge in [-0.05, 0) is 19.8 Å². The van der Waals surface area contributed by atoms with Crippen LogP contribution in [-0.4, -0.2) is 27.4 Å². The number of hydrogen-bond acceptors (Lipinski definition) is 3. The Morgan fingerprint density at radius 2 is 1.71 bits per heavy atom. The summed E-state index contributed by atoms with van der Waals surface area (Å²) in [4.78, 5) is 21.5. The van der Waals surface area contributed by atoms with E-state index in [1.807, 2.05) is 13.8 Å². The predicted octanol–water partition coefficient (Wildman–Crippen LogP) is 2.34. The van der Waals surface area contributed by atoms with E-state index in [1.54, 1.807) is 0 Å². The van der Waals surface area contributed by atoms with Gasteiger partial charge in [0.2, 0.25) is 0 Å². The fourth-order valence-corrected chi connectivity index (χ4v) is 2.61. The van der Waals surface area contributed by atoms with Gasteiger partial charge in [0, 0.05) is 0 Å². The number of carbonyl (C=O) groups excluding carboxylic acids is 1. The van der Waals surface area contributed by atoms with Crippen molar-refractivity contribution in [3.8, 4) is 0 Å². The zero-order chi connectivity index (χ0) is 11.1. The summed E-state index contributed by atoms with van der Waals surface area (Å²) in [5.74, 6) is -0.683. The molecule has 2 unspecified atom stereocenters. The molecule has 14 heavy (non-hydrogen) atoms. The van der Waals surface area contributed by atoms with E-state index in [2.05, 4.69) is 0 Å². The lowest BCUT2D eigenvalue weighted by atomic mass is 10.1. The van der Waals surface area contributed by atoms with Crippen LogP contribution in [0.2, 0.25) is 0 Å². The summed E-state index contributed by atoms with van der Waals surface area (Å²) in [6.45, 7) is 5.53. The molecule has 0 aromatic carbocycles. The highest BCUT2D eigenvalue weighted by Gasteiger charge is 2.29. The van der Waals surface area contributed by atoms with Crippen LogP contribution < -0.4 is 0 Å². The van der Waals surface area contributed by atoms with Crippen molar-refractivity contribution in [2.75, 3.05) is 0 Å². The minimum Gasteiger partial charge on any atom is -0.480 e. The molecule has 4 heteroatoms. The number of hydrogen-bond donors (Lipinski definition) is 1. The Labute approximate surface area is 89.3 Å². The Balaban J connectivity index is 0.000000791. The highest BCUT2D eigenvalue weighted by Crippen LogP contribution is 2.32. The zero-order valence-corrected chi connectivity index (χ0v) is 9.76. The van der Waals surface area contributed by atoms with Crippen LogP contribution in [0.25, 0.3) is 0 Å². The molecule has 1 aliphatic heterocycles. The van der Waals surface area contributed by atoms with Crippen molar-refractivity contribution >= 4 is 23.5 Å². The van der Waals surface area contributed by atoms with E-state index in [-0.39, 0.29) is 16.3 Å². The Kier molecular flexibility index (Phi) is 6.62. The van der Waals surface area contributed by atoms with Crippen molar-refractivity contribution in [1.29, 1.82) is 0 Å². The van der Waals surface area contributed by atoms with E-state index in [0.717, 1.165) is 12.8 Å². The van der Waals surface area contributed by atoms with Crippen molar-refractivity contribution in [3.63, 3.8) is 0 Å². The average molecular weight is 218 g/mol. The van der Waals surface area contributed by atoms with Crippen molar-refractivity contribution in [3.05, 3.63) is 0 Å². The normalized spacial score (nSPS) is 25.9. The van der Waals surface area contributed by atoms with E-state index in [0.29, 0.717) is 6.42 Å². The van der Waals surface area contributed by atoms with Crippen molar-refractivity contribution in [2.45, 2.75) is 50.5 Å². The van der Waals surface area contributed by atoms with E-state index in [1.165, 1.54) is 18.7 Å². The van der Waals surface area contributed by atoms with E-state index in [9.17, 15) is 9.59 Å². The molecule has 82 valence electrons. The second-order valence-electron chi connectivity index (χ2n) is 2.99. The number of carbonyl (C=O) groups is 2. The maximum Gasteiger partial charge on any atom is 0.316 e. The lowest BCUT2D eigenvalue weighted by molar-refractivity contribution is -0.136. The van der Waals surface area contributed by atoms with Crippen LogP contribution in [0.15, 0.2) is 0 Å². The summed E-state index contributed by atoms with van der Waals surface area (Å²) >= 11 is 1.30. The standard InChI is InChI=1S/C8H12O3S.C2H6/c1-5(9)6-3-2-4-7(12-6)8(10)11;1-2/h6-7H,2-4H2,1H3,(H,10,11);1-2H3. The summed E-state index contributed by atoms with van der Waals surface area (Å²) in [5.41, 5.74) is 0. The molecule has 0 amide bonds. The summed E-state index contributed by atoms with van der Waals surface area (Å²) in [6.07, 6.45) is 2.39. The third-order valence-corrected chi connectivity index (χ3v) is 3.65. The van der Waals surface area contributed by atoms with Crippen LogP contribution in [-0.2, 0) is 9.59 Å². The molecule has 0 saturated carbocycles. The molecule has 0 aliphatic carbocycles. The summed E-state index contributed by atoms with van der Waals surface area (Å²) in [7, 11) is 0. The van der Waals surface area contributed by atoms with E-state index < -0.39 is 5.97 Å². The molecule has 1 aliphatic rings. The molecule has 0 bridgehead atoms. The van der Waals surface area contributed by atoms with Crippen molar-refractivity contribution in [2.24, 2.45) is 0 Å². The number of thioether (sulfide) groups is 1. The molecule has 1 saturated heterocycles. The van der Waals surface area contributed by atoms with Crippen LogP contribution in [0.5, 0.6) is 0 Å². The van der Waals surface area contributed by atoms with Crippen LogP contribution >= 0.6 is 11.8 Å². The van der Waals surface area contributed by atoms with Gasteiger partial charge in [-0.2, -0.15) is 0 Å². The predicted molar refractivity (Wildman–Crippen MR) is 58.7 cm³/mol. The van der Waals surface area contributed by atoms with Gasteiger partial charge in [-0.25, -0.2) is 0 Å². The SMILES string of the molecule is CC.CC(=O)C1CCCC(C(=O)O)S1. The summed E-state index contributed by atoms with van der Waals surface area (Å²) in [5, 5.41) is 8.25. The molecule has 1 fully saturated rings. The van der Waals surface area contributed by atoms with E-state index >= 15 is 0 Å². The first-order valence-corrected chi connectivity index (χ1v) is 5.94. The third-order valence-electron chi connectivity index (χ3n) is 1.99. The Morgan fingerprint density at radius 3 is 2.14 bits per heavy atom. The smallest absolute Gasteiger partial charge is 0.316 e. The third kappa shape index (κ3) is 4.13. The van der Waals surface area contributed by atoms with Gasteiger partial charge in [0.05, 0.1) is 5.25 Å². The highest BCUT2D eigenvalue weighted by atomic mass is 32.2. The van der Waals surface area contributed by atoms with Crippen LogP contribution in [0.4, 0.5) is 0 Å². The second-order valence-corrected chi connectivity index (χ2v) is 4.40. The molecule has 2 atom stereocenters. The lowest BCUT2D eigenvalue weighted by Gasteiger charge is -2.23. The van der Waals surface area contributed by atoms with Crippen LogP contribution in [0, 0.1) is 0 Å². The fourth-order valence-electron chi connectivity index (χ4n) is 1.30. The molecule has 1 N–H and O–H groups in total. The number of ketones is 1. The van der Waals surface area contributed by atoms with Crippen LogP contribution in [0.3, 0.4) is 0 Å². The molecular formula is C10H18O3S. The van der Waals surface area contributed by atoms with Crippen LogP contribution in [0.1, 0.15) is 40.0 Å². The van der Waals surface area contributed by atoms with Gasteiger partial charge in [0.25, 0.3) is 0 Å². The molecule has 0 radical (unpaired) electrons. The second kappa shape index (κ2) is 6.87. The Morgan fingerprint density at radius 1 is 1.21 bits per heavy atom. The zero-order valence-electron chi connectivity index (χ0n) is 8.95. The molecule has 0 spiro atoms. The Hall–Kier alpha value is -0.510. The molecule has 0 aromatic heterocycles. The lowest BCUT2D eigenvalue weighted by Crippen LogP contribution is -2.28. The van der Waals surface area contributed by atoms with Gasteiger partial charge in [0.15, 0.2) is 0 Å². The maximum atomic E-state index is 11.0. The van der Waals surface area contributed by atoms with Gasteiger partial charge in [-0.15, -0.1) is 11.8 Å². The minimum atomic E-state index is -0.786. The van der Waals surface area contributed by atoms with Gasteiger partial charge in [-0.3, -0.25) is 9.59 Å². The van der Waals surface area contributed by atoms with Gasteiger partial charge < -0.3 is 5.11 Å². The monoisotopic (exact) mass is 218 g/mol. The molecular weight excluding hydrogens is 200 g/mol. The quantitative estimate of drug-likeness (QED) is 0.773. The van der Waals surface area contributed by atoms with Crippen molar-refractivity contribution < 1.29 is 14.7 Å². The number of rotatable bonds is 2. The van der Waals surface area contributed by atoms with Crippen molar-refractivity contribution in [1.82, 2.24) is 0 Å². The number of carboxylic acids is 1. The molecule has 1 rings (SSSR count). The fraction of sp³-hybridized carbons (Fsp3) is 0.800. The highest BCUT2D eigenvalue weighted by molar-refractivity contribution is 8.01. The van der Waals surface area contributed by atoms with Gasteiger partial charge in [0.1, 0.15) is 11.0 Å². The summed E-state index contributed by atoms with van der Waals surface area (Å²) < 4.78 is 0.